The molecule has 1 unspecified atom stereocenters. The fourth-order valence-corrected chi connectivity index (χ4v) is 1.86. The topological polar surface area (TPSA) is 73.6 Å². The molecular weight excluding hydrogens is 244 g/mol. The van der Waals surface area contributed by atoms with Crippen molar-refractivity contribution in [2.24, 2.45) is 5.73 Å². The first kappa shape index (κ1) is 15.6. The molecule has 19 heavy (non-hydrogen) atoms. The Balaban J connectivity index is 2.49. The molecule has 3 N–H and O–H groups in total. The maximum absolute atomic E-state index is 11.9. The minimum atomic E-state index is -0.584. The number of carbonyl (C=O) groups is 1. The zero-order valence-electron chi connectivity index (χ0n) is 11.6. The van der Waals surface area contributed by atoms with Crippen molar-refractivity contribution in [1.82, 2.24) is 5.32 Å². The van der Waals surface area contributed by atoms with Crippen LogP contribution in [0.1, 0.15) is 12.5 Å². The van der Waals surface area contributed by atoms with Crippen LogP contribution in [0.25, 0.3) is 0 Å². The molecule has 0 aliphatic carbocycles. The Morgan fingerprint density at radius 3 is 2.37 bits per heavy atom. The molecule has 1 amide bonds. The molecule has 0 aliphatic heterocycles. The van der Waals surface area contributed by atoms with Gasteiger partial charge >= 0.3 is 0 Å². The van der Waals surface area contributed by atoms with Crippen LogP contribution in [-0.2, 0) is 20.7 Å². The number of benzene rings is 1. The maximum Gasteiger partial charge on any atom is 0.237 e. The summed E-state index contributed by atoms with van der Waals surface area (Å²) in [6.45, 7) is 1.81. The molecule has 5 nitrogen and oxygen atoms in total. The van der Waals surface area contributed by atoms with E-state index in [2.05, 4.69) is 5.32 Å². The van der Waals surface area contributed by atoms with Crippen LogP contribution in [0.5, 0.6) is 0 Å². The number of methoxy groups -OCH3 is 2. The Morgan fingerprint density at radius 2 is 1.84 bits per heavy atom. The predicted octanol–water partition coefficient (Wildman–Crippen LogP) is 0.680. The fourth-order valence-electron chi connectivity index (χ4n) is 1.86. The van der Waals surface area contributed by atoms with Gasteiger partial charge in [-0.2, -0.15) is 0 Å². The number of rotatable bonds is 7. The standard InChI is InChI=1S/C14H22N2O3/c1-10(14(18-2)19-3)16-13(17)12(15)9-11-7-5-4-6-8-11/h4-8,10,12,14H,9,15H2,1-3H3,(H,16,17)/t10?,12-/m1/s1. The van der Waals surface area contributed by atoms with E-state index in [4.69, 9.17) is 15.2 Å². The minimum absolute atomic E-state index is 0.213. The molecule has 0 spiro atoms. The van der Waals surface area contributed by atoms with Gasteiger partial charge in [0.25, 0.3) is 0 Å². The predicted molar refractivity (Wildman–Crippen MR) is 73.5 cm³/mol. The van der Waals surface area contributed by atoms with Crippen LogP contribution < -0.4 is 11.1 Å². The monoisotopic (exact) mass is 266 g/mol. The van der Waals surface area contributed by atoms with Gasteiger partial charge in [0.05, 0.1) is 12.1 Å². The summed E-state index contributed by atoms with van der Waals surface area (Å²) in [5.74, 6) is -0.213. The van der Waals surface area contributed by atoms with Crippen LogP contribution >= 0.6 is 0 Å². The molecule has 5 heteroatoms. The third-order valence-corrected chi connectivity index (χ3v) is 2.88. The van der Waals surface area contributed by atoms with Crippen molar-refractivity contribution in [3.63, 3.8) is 0 Å². The Hall–Kier alpha value is -1.43. The van der Waals surface area contributed by atoms with Gasteiger partial charge in [-0.3, -0.25) is 4.79 Å². The second kappa shape index (κ2) is 7.89. The summed E-state index contributed by atoms with van der Waals surface area (Å²) in [6.07, 6.45) is 0.0252. The number of hydrogen-bond donors (Lipinski definition) is 2. The van der Waals surface area contributed by atoms with Crippen molar-refractivity contribution in [2.45, 2.75) is 31.7 Å². The SMILES string of the molecule is COC(OC)C(C)NC(=O)[C@H](N)Cc1ccccc1. The van der Waals surface area contributed by atoms with E-state index >= 15 is 0 Å². The van der Waals surface area contributed by atoms with E-state index in [0.29, 0.717) is 6.42 Å². The number of nitrogens with two attached hydrogens (primary N) is 1. The summed E-state index contributed by atoms with van der Waals surface area (Å²) in [5, 5.41) is 2.79. The normalized spacial score (nSPS) is 14.2. The largest absolute Gasteiger partial charge is 0.354 e. The second-order valence-electron chi connectivity index (χ2n) is 4.43. The average Bonchev–Trinajstić information content (AvgIpc) is 2.41. The van der Waals surface area contributed by atoms with Gasteiger partial charge in [-0.25, -0.2) is 0 Å². The Bertz CT molecular complexity index is 380. The van der Waals surface area contributed by atoms with Crippen LogP contribution in [0.15, 0.2) is 30.3 Å². The number of ether oxygens (including phenoxy) is 2. The summed E-state index contributed by atoms with van der Waals surface area (Å²) in [6, 6.07) is 8.83. The zero-order valence-corrected chi connectivity index (χ0v) is 11.6. The first-order valence-electron chi connectivity index (χ1n) is 6.24. The summed E-state index contributed by atoms with van der Waals surface area (Å²) in [5.41, 5.74) is 6.92. The molecular formula is C14H22N2O3. The second-order valence-corrected chi connectivity index (χ2v) is 4.43. The first-order valence-corrected chi connectivity index (χ1v) is 6.24. The molecule has 0 saturated heterocycles. The van der Waals surface area contributed by atoms with Gasteiger partial charge < -0.3 is 20.5 Å². The van der Waals surface area contributed by atoms with Gasteiger partial charge in [-0.15, -0.1) is 0 Å². The Labute approximate surface area is 114 Å². The third kappa shape index (κ3) is 4.98. The molecule has 0 fully saturated rings. The van der Waals surface area contributed by atoms with Gasteiger partial charge in [0.2, 0.25) is 5.91 Å². The highest BCUT2D eigenvalue weighted by molar-refractivity contribution is 5.82. The lowest BCUT2D eigenvalue weighted by Gasteiger charge is -2.23. The Morgan fingerprint density at radius 1 is 1.26 bits per heavy atom. The highest BCUT2D eigenvalue weighted by Gasteiger charge is 2.21. The molecule has 1 rings (SSSR count). The van der Waals surface area contributed by atoms with Crippen molar-refractivity contribution in [1.29, 1.82) is 0 Å². The van der Waals surface area contributed by atoms with Crippen molar-refractivity contribution in [3.8, 4) is 0 Å². The molecule has 0 saturated carbocycles. The van der Waals surface area contributed by atoms with Crippen LogP contribution in [-0.4, -0.2) is 38.5 Å². The molecule has 0 aliphatic rings. The van der Waals surface area contributed by atoms with E-state index in [0.717, 1.165) is 5.56 Å². The van der Waals surface area contributed by atoms with Crippen molar-refractivity contribution < 1.29 is 14.3 Å². The number of hydrogen-bond acceptors (Lipinski definition) is 4. The van der Waals surface area contributed by atoms with Gasteiger partial charge in [-0.05, 0) is 18.9 Å². The highest BCUT2D eigenvalue weighted by atomic mass is 16.7. The van der Waals surface area contributed by atoms with Crippen molar-refractivity contribution >= 4 is 5.91 Å². The molecule has 1 aromatic carbocycles. The van der Waals surface area contributed by atoms with Gasteiger partial charge in [0.1, 0.15) is 0 Å². The lowest BCUT2D eigenvalue weighted by atomic mass is 10.1. The average molecular weight is 266 g/mol. The van der Waals surface area contributed by atoms with Crippen LogP contribution in [0.4, 0.5) is 0 Å². The van der Waals surface area contributed by atoms with E-state index in [-0.39, 0.29) is 11.9 Å². The quantitative estimate of drug-likeness (QED) is 0.712. The maximum atomic E-state index is 11.9. The Kier molecular flexibility index (Phi) is 6.49. The van der Waals surface area contributed by atoms with E-state index < -0.39 is 12.3 Å². The number of carbonyl (C=O) groups excluding carboxylic acids is 1. The van der Waals surface area contributed by atoms with Crippen molar-refractivity contribution in [2.75, 3.05) is 14.2 Å². The summed E-state index contributed by atoms with van der Waals surface area (Å²) in [4.78, 5) is 11.9. The molecule has 2 atom stereocenters. The first-order chi connectivity index (χ1) is 9.08. The number of nitrogens with one attached hydrogen (secondary N) is 1. The van der Waals surface area contributed by atoms with Crippen molar-refractivity contribution in [3.05, 3.63) is 35.9 Å². The third-order valence-electron chi connectivity index (χ3n) is 2.88. The van der Waals surface area contributed by atoms with E-state index in [1.54, 1.807) is 0 Å². The summed E-state index contributed by atoms with van der Waals surface area (Å²) >= 11 is 0. The highest BCUT2D eigenvalue weighted by Crippen LogP contribution is 2.03. The lowest BCUT2D eigenvalue weighted by molar-refractivity contribution is -0.136. The fraction of sp³-hybridized carbons (Fsp3) is 0.500. The molecule has 106 valence electrons. The summed E-state index contributed by atoms with van der Waals surface area (Å²) in [7, 11) is 3.06. The summed E-state index contributed by atoms with van der Waals surface area (Å²) < 4.78 is 10.2. The molecule has 0 aromatic heterocycles. The van der Waals surface area contributed by atoms with E-state index in [1.165, 1.54) is 14.2 Å². The molecule has 0 bridgehead atoms. The van der Waals surface area contributed by atoms with Gasteiger partial charge in [0.15, 0.2) is 6.29 Å². The minimum Gasteiger partial charge on any atom is -0.354 e. The van der Waals surface area contributed by atoms with Crippen LogP contribution in [0.2, 0.25) is 0 Å². The number of amides is 1. The smallest absolute Gasteiger partial charge is 0.237 e. The molecule has 0 heterocycles. The molecule has 0 radical (unpaired) electrons. The van der Waals surface area contributed by atoms with Gasteiger partial charge in [0, 0.05) is 14.2 Å². The van der Waals surface area contributed by atoms with Crippen LogP contribution in [0, 0.1) is 0 Å². The van der Waals surface area contributed by atoms with Crippen LogP contribution in [0.3, 0.4) is 0 Å². The van der Waals surface area contributed by atoms with E-state index in [1.807, 2.05) is 37.3 Å². The molecule has 1 aromatic rings. The van der Waals surface area contributed by atoms with E-state index in [9.17, 15) is 4.79 Å². The lowest BCUT2D eigenvalue weighted by Crippen LogP contribution is -2.50. The zero-order chi connectivity index (χ0) is 14.3. The van der Waals surface area contributed by atoms with Gasteiger partial charge in [-0.1, -0.05) is 30.3 Å².